The van der Waals surface area contributed by atoms with Gasteiger partial charge in [0.1, 0.15) is 0 Å². The van der Waals surface area contributed by atoms with Gasteiger partial charge in [-0.05, 0) is 53.5 Å². The molecule has 88 valence electrons. The first kappa shape index (κ1) is 10.2. The lowest BCUT2D eigenvalue weighted by Crippen LogP contribution is -2.28. The van der Waals surface area contributed by atoms with Gasteiger partial charge < -0.3 is 4.98 Å². The smallest absolute Gasteiger partial charge is 0.0603 e. The molecule has 2 nitrogen and oxygen atoms in total. The number of aromatic nitrogens is 1. The van der Waals surface area contributed by atoms with Gasteiger partial charge in [0.25, 0.3) is 0 Å². The van der Waals surface area contributed by atoms with Gasteiger partial charge in [0.15, 0.2) is 0 Å². The molecular weight excluding hydrogens is 276 g/mol. The highest BCUT2D eigenvalue weighted by Gasteiger charge is 2.30. The van der Waals surface area contributed by atoms with Crippen LogP contribution in [0.4, 0.5) is 0 Å². The Balaban J connectivity index is 2.02. The van der Waals surface area contributed by atoms with E-state index in [2.05, 4.69) is 44.0 Å². The summed E-state index contributed by atoms with van der Waals surface area (Å²) in [5.74, 6) is 0.753. The van der Waals surface area contributed by atoms with Crippen molar-refractivity contribution in [1.82, 2.24) is 9.88 Å². The fourth-order valence-electron chi connectivity index (χ4n) is 3.38. The third-order valence-electron chi connectivity index (χ3n) is 4.30. The van der Waals surface area contributed by atoms with E-state index in [1.807, 2.05) is 0 Å². The number of nitrogens with one attached hydrogen (secondary N) is 1. The van der Waals surface area contributed by atoms with E-state index in [4.69, 9.17) is 0 Å². The summed E-state index contributed by atoms with van der Waals surface area (Å²) in [6.45, 7) is 3.66. The van der Waals surface area contributed by atoms with Gasteiger partial charge in [0.05, 0.1) is 5.52 Å². The average molecular weight is 291 g/mol. The summed E-state index contributed by atoms with van der Waals surface area (Å²) >= 11 is 3.65. The van der Waals surface area contributed by atoms with E-state index < -0.39 is 0 Å². The van der Waals surface area contributed by atoms with Crippen molar-refractivity contribution in [2.24, 2.45) is 0 Å². The van der Waals surface area contributed by atoms with Crippen molar-refractivity contribution < 1.29 is 0 Å². The van der Waals surface area contributed by atoms with Gasteiger partial charge in [-0.2, -0.15) is 0 Å². The summed E-state index contributed by atoms with van der Waals surface area (Å²) in [5.41, 5.74) is 4.33. The van der Waals surface area contributed by atoms with Gasteiger partial charge in [-0.15, -0.1) is 0 Å². The largest absolute Gasteiger partial charge is 0.357 e. The lowest BCUT2D eigenvalue weighted by atomic mass is 9.94. The molecule has 0 saturated carbocycles. The van der Waals surface area contributed by atoms with Crippen LogP contribution in [-0.2, 0) is 6.54 Å². The van der Waals surface area contributed by atoms with Crippen molar-refractivity contribution in [1.29, 1.82) is 0 Å². The number of piperidine rings is 1. The minimum absolute atomic E-state index is 0.753. The van der Waals surface area contributed by atoms with E-state index in [1.54, 1.807) is 5.56 Å². The summed E-state index contributed by atoms with van der Waals surface area (Å²) in [6.07, 6.45) is 2.63. The zero-order valence-corrected chi connectivity index (χ0v) is 11.3. The summed E-state index contributed by atoms with van der Waals surface area (Å²) in [6, 6.07) is 6.51. The number of benzene rings is 1. The molecular formula is C14H15BrN2. The Morgan fingerprint density at radius 2 is 2.06 bits per heavy atom. The minimum Gasteiger partial charge on any atom is -0.357 e. The van der Waals surface area contributed by atoms with Gasteiger partial charge in [0.2, 0.25) is 0 Å². The maximum atomic E-state index is 3.68. The van der Waals surface area contributed by atoms with Crippen LogP contribution in [-0.4, -0.2) is 23.0 Å². The van der Waals surface area contributed by atoms with Crippen molar-refractivity contribution in [3.05, 3.63) is 33.9 Å². The summed E-state index contributed by atoms with van der Waals surface area (Å²) in [7, 11) is 0. The van der Waals surface area contributed by atoms with Gasteiger partial charge in [0, 0.05) is 28.0 Å². The Labute approximate surface area is 109 Å². The van der Waals surface area contributed by atoms with Crippen LogP contribution in [0.15, 0.2) is 22.7 Å². The molecule has 0 amide bonds. The molecule has 5 rings (SSSR count). The molecule has 2 aromatic rings. The molecule has 17 heavy (non-hydrogen) atoms. The third kappa shape index (κ3) is 1.42. The van der Waals surface area contributed by atoms with Crippen LogP contribution < -0.4 is 0 Å². The maximum Gasteiger partial charge on any atom is 0.0603 e. The molecule has 1 N–H and O–H groups in total. The molecule has 3 heteroatoms. The number of rotatable bonds is 0. The number of H-pyrrole nitrogens is 1. The van der Waals surface area contributed by atoms with Crippen molar-refractivity contribution >= 4 is 26.8 Å². The van der Waals surface area contributed by atoms with E-state index in [0.29, 0.717) is 0 Å². The van der Waals surface area contributed by atoms with E-state index in [1.165, 1.54) is 47.0 Å². The quantitative estimate of drug-likeness (QED) is 0.785. The van der Waals surface area contributed by atoms with Crippen LogP contribution in [0.3, 0.4) is 0 Å². The fourth-order valence-corrected chi connectivity index (χ4v) is 3.85. The van der Waals surface area contributed by atoms with Gasteiger partial charge in [-0.3, -0.25) is 4.90 Å². The molecule has 0 spiro atoms. The Morgan fingerprint density at radius 3 is 2.88 bits per heavy atom. The van der Waals surface area contributed by atoms with E-state index in [-0.39, 0.29) is 0 Å². The van der Waals surface area contributed by atoms with Gasteiger partial charge >= 0.3 is 0 Å². The lowest BCUT2D eigenvalue weighted by Gasteiger charge is -2.26. The topological polar surface area (TPSA) is 19.0 Å². The zero-order chi connectivity index (χ0) is 11.4. The number of fused-ring (bicyclic) bond motifs is 3. The summed E-state index contributed by atoms with van der Waals surface area (Å²) in [4.78, 5) is 6.27. The highest BCUT2D eigenvalue weighted by Crippen LogP contribution is 2.40. The van der Waals surface area contributed by atoms with Crippen LogP contribution in [0.1, 0.15) is 30.0 Å². The number of hydrogen-bond acceptors (Lipinski definition) is 1. The minimum atomic E-state index is 0.753. The molecule has 0 unspecified atom stereocenters. The highest BCUT2D eigenvalue weighted by molar-refractivity contribution is 9.10. The SMILES string of the molecule is Brc1cccc2c3c([nH]c12)C1CCN(CC1)C3. The van der Waals surface area contributed by atoms with Crippen molar-refractivity contribution in [2.75, 3.05) is 13.1 Å². The first-order valence-electron chi connectivity index (χ1n) is 6.34. The molecule has 1 aromatic carbocycles. The van der Waals surface area contributed by atoms with Crippen molar-refractivity contribution in [2.45, 2.75) is 25.3 Å². The first-order chi connectivity index (χ1) is 8.33. The van der Waals surface area contributed by atoms with Crippen LogP contribution >= 0.6 is 15.9 Å². The standard InChI is InChI=1S/C14H15BrN2/c15-12-3-1-2-10-11-8-17-6-4-9(5-7-17)13(11)16-14(10)12/h1-3,9,16H,4-8H2. The highest BCUT2D eigenvalue weighted by atomic mass is 79.9. The predicted molar refractivity (Wildman–Crippen MR) is 73.3 cm³/mol. The number of nitrogens with zero attached hydrogens (tertiary/aromatic N) is 1. The fraction of sp³-hybridized carbons (Fsp3) is 0.429. The molecule has 0 atom stereocenters. The Morgan fingerprint density at radius 1 is 1.24 bits per heavy atom. The second-order valence-corrected chi connectivity index (χ2v) is 6.08. The average Bonchev–Trinajstić information content (AvgIpc) is 2.53. The number of aromatic amines is 1. The molecule has 1 fully saturated rings. The van der Waals surface area contributed by atoms with E-state index >= 15 is 0 Å². The van der Waals surface area contributed by atoms with Gasteiger partial charge in [-0.1, -0.05) is 12.1 Å². The lowest BCUT2D eigenvalue weighted by molar-refractivity contribution is 0.220. The number of para-hydroxylation sites is 1. The third-order valence-corrected chi connectivity index (χ3v) is 4.96. The van der Waals surface area contributed by atoms with Crippen LogP contribution in [0.2, 0.25) is 0 Å². The molecule has 3 aliphatic rings. The van der Waals surface area contributed by atoms with Crippen LogP contribution in [0, 0.1) is 0 Å². The molecule has 3 aliphatic heterocycles. The molecule has 2 bridgehead atoms. The number of hydrogen-bond donors (Lipinski definition) is 1. The van der Waals surface area contributed by atoms with Crippen molar-refractivity contribution in [3.8, 4) is 0 Å². The van der Waals surface area contributed by atoms with Crippen molar-refractivity contribution in [3.63, 3.8) is 0 Å². The van der Waals surface area contributed by atoms with Crippen LogP contribution in [0.25, 0.3) is 10.9 Å². The number of halogens is 1. The molecule has 1 aromatic heterocycles. The van der Waals surface area contributed by atoms with Gasteiger partial charge in [-0.25, -0.2) is 0 Å². The first-order valence-corrected chi connectivity index (χ1v) is 7.13. The Hall–Kier alpha value is -0.800. The second-order valence-electron chi connectivity index (χ2n) is 5.23. The molecule has 0 aliphatic carbocycles. The Kier molecular flexibility index (Phi) is 2.15. The summed E-state index contributed by atoms with van der Waals surface area (Å²) < 4.78 is 1.19. The molecule has 0 radical (unpaired) electrons. The Bertz CT molecular complexity index is 579. The van der Waals surface area contributed by atoms with E-state index in [9.17, 15) is 0 Å². The van der Waals surface area contributed by atoms with E-state index in [0.717, 1.165) is 12.5 Å². The predicted octanol–water partition coefficient (Wildman–Crippen LogP) is 3.62. The van der Waals surface area contributed by atoms with Crippen LogP contribution in [0.5, 0.6) is 0 Å². The zero-order valence-electron chi connectivity index (χ0n) is 9.67. The normalized spacial score (nSPS) is 27.1. The molecule has 1 saturated heterocycles. The molecule has 4 heterocycles. The summed E-state index contributed by atoms with van der Waals surface area (Å²) in [5, 5.41) is 1.41. The second kappa shape index (κ2) is 3.59. The monoisotopic (exact) mass is 290 g/mol. The maximum absolute atomic E-state index is 3.68.